The molecule has 1 aromatic carbocycles. The fourth-order valence-corrected chi connectivity index (χ4v) is 3.01. The zero-order valence-electron chi connectivity index (χ0n) is 10.9. The monoisotopic (exact) mass is 278 g/mol. The quantitative estimate of drug-likeness (QED) is 0.807. The summed E-state index contributed by atoms with van der Waals surface area (Å²) in [5, 5.41) is 0. The predicted molar refractivity (Wildman–Crippen MR) is 75.0 cm³/mol. The molecule has 5 heteroatoms. The van der Waals surface area contributed by atoms with Gasteiger partial charge in [-0.3, -0.25) is 0 Å². The topological polar surface area (TPSA) is 72.2 Å². The fraction of sp³-hybridized carbons (Fsp3) is 0.429. The largest absolute Gasteiger partial charge is 0.320 e. The van der Waals surface area contributed by atoms with E-state index >= 15 is 0 Å². The van der Waals surface area contributed by atoms with Gasteiger partial charge in [-0.1, -0.05) is 17.9 Å². The molecule has 2 rings (SSSR count). The highest BCUT2D eigenvalue weighted by molar-refractivity contribution is 7.89. The highest BCUT2D eigenvalue weighted by atomic mass is 32.2. The number of nitrogens with two attached hydrogens (primary N) is 1. The van der Waals surface area contributed by atoms with Crippen molar-refractivity contribution in [3.63, 3.8) is 0 Å². The van der Waals surface area contributed by atoms with Gasteiger partial charge in [0, 0.05) is 12.1 Å². The molecule has 1 saturated carbocycles. The van der Waals surface area contributed by atoms with Gasteiger partial charge in [-0.05, 0) is 43.4 Å². The van der Waals surface area contributed by atoms with Gasteiger partial charge < -0.3 is 5.73 Å². The van der Waals surface area contributed by atoms with Crippen LogP contribution in [0.25, 0.3) is 0 Å². The predicted octanol–water partition coefficient (Wildman–Crippen LogP) is 0.994. The Bertz CT molecular complexity index is 623. The van der Waals surface area contributed by atoms with Crippen LogP contribution in [0.4, 0.5) is 0 Å². The first-order valence-corrected chi connectivity index (χ1v) is 7.80. The summed E-state index contributed by atoms with van der Waals surface area (Å²) in [5.74, 6) is 6.03. The van der Waals surface area contributed by atoms with E-state index < -0.39 is 10.0 Å². The number of rotatable bonds is 4. The van der Waals surface area contributed by atoms with Crippen molar-refractivity contribution >= 4 is 10.0 Å². The lowest BCUT2D eigenvalue weighted by Gasteiger charge is -2.09. The highest BCUT2D eigenvalue weighted by Crippen LogP contribution is 2.28. The van der Waals surface area contributed by atoms with Crippen LogP contribution in [0, 0.1) is 24.7 Å². The Labute approximate surface area is 114 Å². The van der Waals surface area contributed by atoms with Crippen LogP contribution in [-0.2, 0) is 10.0 Å². The lowest BCUT2D eigenvalue weighted by atomic mass is 10.1. The molecule has 0 amide bonds. The summed E-state index contributed by atoms with van der Waals surface area (Å²) >= 11 is 0. The Morgan fingerprint density at radius 1 is 1.42 bits per heavy atom. The maximum absolute atomic E-state index is 12.2. The summed E-state index contributed by atoms with van der Waals surface area (Å²) in [5.41, 5.74) is 6.82. The van der Waals surface area contributed by atoms with Crippen LogP contribution in [0.15, 0.2) is 23.1 Å². The molecule has 0 aliphatic heterocycles. The van der Waals surface area contributed by atoms with E-state index in [0.717, 1.165) is 18.4 Å². The van der Waals surface area contributed by atoms with Gasteiger partial charge in [0.15, 0.2) is 0 Å². The Hall–Kier alpha value is -1.35. The summed E-state index contributed by atoms with van der Waals surface area (Å²) in [4.78, 5) is 0.236. The molecule has 0 unspecified atom stereocenters. The summed E-state index contributed by atoms with van der Waals surface area (Å²) in [6.45, 7) is 2.63. The molecule has 0 aromatic heterocycles. The van der Waals surface area contributed by atoms with Gasteiger partial charge in [0.1, 0.15) is 0 Å². The average molecular weight is 278 g/mol. The van der Waals surface area contributed by atoms with Crippen LogP contribution in [0.5, 0.6) is 0 Å². The zero-order valence-corrected chi connectivity index (χ0v) is 11.8. The Balaban J connectivity index is 2.30. The number of sulfonamides is 1. The minimum absolute atomic E-state index is 0.211. The van der Waals surface area contributed by atoms with Crippen molar-refractivity contribution in [2.75, 3.05) is 13.1 Å². The number of hydrogen-bond acceptors (Lipinski definition) is 3. The van der Waals surface area contributed by atoms with Crippen molar-refractivity contribution in [2.24, 2.45) is 11.7 Å². The zero-order chi connectivity index (χ0) is 13.9. The number of nitrogens with one attached hydrogen (secondary N) is 1. The maximum Gasteiger partial charge on any atom is 0.241 e. The SMILES string of the molecule is Cc1ccc(S(=O)(=O)NCC2CC2)c(C#CCN)c1. The molecule has 4 nitrogen and oxygen atoms in total. The molecular formula is C14H18N2O2S. The normalized spacial score (nSPS) is 14.8. The summed E-state index contributed by atoms with van der Waals surface area (Å²) in [7, 11) is -3.49. The van der Waals surface area contributed by atoms with E-state index in [1.165, 1.54) is 0 Å². The van der Waals surface area contributed by atoms with Crippen LogP contribution < -0.4 is 10.5 Å². The number of benzene rings is 1. The molecule has 0 atom stereocenters. The Morgan fingerprint density at radius 3 is 2.79 bits per heavy atom. The van der Waals surface area contributed by atoms with Crippen LogP contribution in [0.3, 0.4) is 0 Å². The van der Waals surface area contributed by atoms with E-state index in [-0.39, 0.29) is 11.4 Å². The molecular weight excluding hydrogens is 260 g/mol. The first-order valence-electron chi connectivity index (χ1n) is 6.32. The van der Waals surface area contributed by atoms with Crippen LogP contribution >= 0.6 is 0 Å². The van der Waals surface area contributed by atoms with Crippen molar-refractivity contribution < 1.29 is 8.42 Å². The lowest BCUT2D eigenvalue weighted by Crippen LogP contribution is -2.26. The highest BCUT2D eigenvalue weighted by Gasteiger charge is 2.25. The average Bonchev–Trinajstić information content (AvgIpc) is 3.18. The van der Waals surface area contributed by atoms with Crippen LogP contribution in [0.2, 0.25) is 0 Å². The van der Waals surface area contributed by atoms with Gasteiger partial charge in [0.05, 0.1) is 11.4 Å². The molecule has 1 fully saturated rings. The van der Waals surface area contributed by atoms with E-state index in [9.17, 15) is 8.42 Å². The molecule has 0 bridgehead atoms. The minimum atomic E-state index is -3.49. The Kier molecular flexibility index (Phi) is 4.25. The van der Waals surface area contributed by atoms with Crippen molar-refractivity contribution in [3.05, 3.63) is 29.3 Å². The molecule has 3 N–H and O–H groups in total. The third-order valence-electron chi connectivity index (χ3n) is 3.01. The number of aryl methyl sites for hydroxylation is 1. The second kappa shape index (κ2) is 5.74. The molecule has 1 aromatic rings. The minimum Gasteiger partial charge on any atom is -0.320 e. The van der Waals surface area contributed by atoms with Gasteiger partial charge in [-0.15, -0.1) is 0 Å². The smallest absolute Gasteiger partial charge is 0.241 e. The standard InChI is InChI=1S/C14H18N2O2S/c1-11-4-7-14(13(9-11)3-2-8-15)19(17,18)16-10-12-5-6-12/h4,7,9,12,16H,5-6,8,10,15H2,1H3. The molecule has 1 aliphatic carbocycles. The van der Waals surface area contributed by atoms with E-state index in [4.69, 9.17) is 5.73 Å². The van der Waals surface area contributed by atoms with Crippen molar-refractivity contribution in [3.8, 4) is 11.8 Å². The van der Waals surface area contributed by atoms with Gasteiger partial charge in [-0.25, -0.2) is 13.1 Å². The van der Waals surface area contributed by atoms with Gasteiger partial charge >= 0.3 is 0 Å². The molecule has 0 saturated heterocycles. The van der Waals surface area contributed by atoms with Crippen molar-refractivity contribution in [1.82, 2.24) is 4.72 Å². The molecule has 1 aliphatic rings. The summed E-state index contributed by atoms with van der Waals surface area (Å²) < 4.78 is 27.1. The second-order valence-electron chi connectivity index (χ2n) is 4.80. The summed E-state index contributed by atoms with van der Waals surface area (Å²) in [6.07, 6.45) is 2.21. The van der Waals surface area contributed by atoms with E-state index in [1.807, 2.05) is 6.92 Å². The lowest BCUT2D eigenvalue weighted by molar-refractivity contribution is 0.577. The van der Waals surface area contributed by atoms with E-state index in [2.05, 4.69) is 16.6 Å². The third-order valence-corrected chi connectivity index (χ3v) is 4.49. The fourth-order valence-electron chi connectivity index (χ4n) is 1.75. The molecule has 0 heterocycles. The van der Waals surface area contributed by atoms with Gasteiger partial charge in [0.25, 0.3) is 0 Å². The van der Waals surface area contributed by atoms with Crippen LogP contribution in [-0.4, -0.2) is 21.5 Å². The number of hydrogen-bond donors (Lipinski definition) is 2. The molecule has 0 spiro atoms. The second-order valence-corrected chi connectivity index (χ2v) is 6.54. The van der Waals surface area contributed by atoms with Gasteiger partial charge in [-0.2, -0.15) is 0 Å². The maximum atomic E-state index is 12.2. The van der Waals surface area contributed by atoms with E-state index in [1.54, 1.807) is 18.2 Å². The summed E-state index contributed by atoms with van der Waals surface area (Å²) in [6, 6.07) is 5.15. The first-order chi connectivity index (χ1) is 9.03. The van der Waals surface area contributed by atoms with Crippen molar-refractivity contribution in [2.45, 2.75) is 24.7 Å². The van der Waals surface area contributed by atoms with Crippen molar-refractivity contribution in [1.29, 1.82) is 0 Å². The Morgan fingerprint density at radius 2 is 2.16 bits per heavy atom. The van der Waals surface area contributed by atoms with Gasteiger partial charge in [0.2, 0.25) is 10.0 Å². The molecule has 19 heavy (non-hydrogen) atoms. The molecule has 0 radical (unpaired) electrons. The third kappa shape index (κ3) is 3.80. The first kappa shape index (κ1) is 14.1. The van der Waals surface area contributed by atoms with Crippen LogP contribution in [0.1, 0.15) is 24.0 Å². The van der Waals surface area contributed by atoms with E-state index in [0.29, 0.717) is 18.0 Å². The molecule has 102 valence electrons.